The number of H-pyrrole nitrogens is 1. The molecule has 0 saturated carbocycles. The minimum atomic E-state index is -4.55. The van der Waals surface area contributed by atoms with Gasteiger partial charge in [0, 0.05) is 61.1 Å². The maximum atomic E-state index is 12.3. The molecule has 10 heteroatoms. The van der Waals surface area contributed by atoms with Gasteiger partial charge in [-0.2, -0.15) is 0 Å². The van der Waals surface area contributed by atoms with Crippen molar-refractivity contribution in [1.82, 2.24) is 14.8 Å². The Morgan fingerprint density at radius 3 is 2.49 bits per heavy atom. The van der Waals surface area contributed by atoms with Gasteiger partial charge in [0.05, 0.1) is 12.7 Å². The van der Waals surface area contributed by atoms with Crippen molar-refractivity contribution in [3.8, 4) is 5.75 Å². The van der Waals surface area contributed by atoms with E-state index in [4.69, 9.17) is 9.84 Å². The largest absolute Gasteiger partial charge is 0.522 e. The summed E-state index contributed by atoms with van der Waals surface area (Å²) in [6.45, 7) is 5.06. The lowest BCUT2D eigenvalue weighted by atomic mass is 10.0. The van der Waals surface area contributed by atoms with Gasteiger partial charge in [-0.05, 0) is 43.2 Å². The number of carboxylic acid groups (broad SMARTS) is 1. The summed E-state index contributed by atoms with van der Waals surface area (Å²) in [6.07, 6.45) is -0.424. The highest BCUT2D eigenvalue weighted by atomic mass is 19.4. The molecule has 0 bridgehead atoms. The number of ether oxygens (including phenoxy) is 2. The van der Waals surface area contributed by atoms with Crippen LogP contribution in [-0.2, 0) is 11.3 Å². The van der Waals surface area contributed by atoms with E-state index in [1.165, 1.54) is 5.39 Å². The Morgan fingerprint density at radius 2 is 1.92 bits per heavy atom. The highest BCUT2D eigenvalue weighted by Crippen LogP contribution is 2.33. The van der Waals surface area contributed by atoms with Gasteiger partial charge in [-0.1, -0.05) is 24.3 Å². The number of methoxy groups -OCH3 is 1. The highest BCUT2D eigenvalue weighted by Gasteiger charge is 2.40. The molecule has 2 N–H and O–H groups in total. The van der Waals surface area contributed by atoms with Crippen LogP contribution in [-0.4, -0.2) is 71.6 Å². The van der Waals surface area contributed by atoms with E-state index in [-0.39, 0.29) is 0 Å². The molecule has 37 heavy (non-hydrogen) atoms. The number of aromatic carboxylic acids is 1. The van der Waals surface area contributed by atoms with E-state index < -0.39 is 18.4 Å². The molecule has 0 amide bonds. The Morgan fingerprint density at radius 1 is 1.19 bits per heavy atom. The minimum Gasteiger partial charge on any atom is -0.496 e. The molecule has 5 rings (SSSR count). The number of hydrogen-bond acceptors (Lipinski definition) is 5. The zero-order valence-electron chi connectivity index (χ0n) is 20.7. The molecule has 0 radical (unpaired) electrons. The van der Waals surface area contributed by atoms with Crippen molar-refractivity contribution in [2.45, 2.75) is 32.4 Å². The normalized spacial score (nSPS) is 16.6. The van der Waals surface area contributed by atoms with E-state index in [1.807, 2.05) is 11.1 Å². The van der Waals surface area contributed by atoms with Crippen LogP contribution >= 0.6 is 0 Å². The zero-order valence-corrected chi connectivity index (χ0v) is 20.7. The van der Waals surface area contributed by atoms with Crippen LogP contribution in [0.5, 0.6) is 5.75 Å². The van der Waals surface area contributed by atoms with Crippen molar-refractivity contribution in [3.63, 3.8) is 0 Å². The number of benzene rings is 2. The quantitative estimate of drug-likeness (QED) is 0.469. The van der Waals surface area contributed by atoms with Crippen LogP contribution in [0.1, 0.15) is 27.9 Å². The number of fused-ring (bicyclic) bond motifs is 1. The fraction of sp³-hybridized carbons (Fsp3) is 0.370. The fourth-order valence-corrected chi connectivity index (χ4v) is 4.65. The van der Waals surface area contributed by atoms with Crippen LogP contribution in [0.25, 0.3) is 10.9 Å². The summed E-state index contributed by atoms with van der Waals surface area (Å²) in [5.41, 5.74) is 4.87. The van der Waals surface area contributed by atoms with Gasteiger partial charge in [0.2, 0.25) is 0 Å². The first-order valence-corrected chi connectivity index (χ1v) is 12.0. The van der Waals surface area contributed by atoms with Crippen molar-refractivity contribution < 1.29 is 32.5 Å². The Bertz CT molecular complexity index is 1250. The molecule has 3 heterocycles. The summed E-state index contributed by atoms with van der Waals surface area (Å²) in [5, 5.41) is 9.55. The average molecular weight is 518 g/mol. The third-order valence-electron chi connectivity index (χ3n) is 6.56. The molecule has 3 aromatic rings. The first-order chi connectivity index (χ1) is 17.6. The number of alkyl halides is 3. The van der Waals surface area contributed by atoms with Crippen LogP contribution in [0.15, 0.2) is 60.4 Å². The van der Waals surface area contributed by atoms with Crippen molar-refractivity contribution in [2.75, 3.05) is 33.3 Å². The number of aromatic amines is 1. The van der Waals surface area contributed by atoms with Crippen LogP contribution < -0.4 is 4.74 Å². The third kappa shape index (κ3) is 6.64. The number of carbonyl (C=O) groups is 1. The number of aryl methyl sites for hydroxylation is 1. The van der Waals surface area contributed by atoms with E-state index in [0.29, 0.717) is 18.7 Å². The second-order valence-electron chi connectivity index (χ2n) is 9.08. The van der Waals surface area contributed by atoms with Gasteiger partial charge in [-0.15, -0.1) is 13.2 Å². The summed E-state index contributed by atoms with van der Waals surface area (Å²) in [7, 11) is 1.69. The van der Waals surface area contributed by atoms with Gasteiger partial charge in [-0.25, -0.2) is 4.79 Å². The van der Waals surface area contributed by atoms with Crippen molar-refractivity contribution in [1.29, 1.82) is 0 Å². The summed E-state index contributed by atoms with van der Waals surface area (Å²) in [4.78, 5) is 17.8. The minimum absolute atomic E-state index is 0.307. The van der Waals surface area contributed by atoms with E-state index in [0.717, 1.165) is 54.1 Å². The van der Waals surface area contributed by atoms with Gasteiger partial charge in [0.25, 0.3) is 0 Å². The maximum absolute atomic E-state index is 12.3. The van der Waals surface area contributed by atoms with E-state index in [2.05, 4.69) is 39.8 Å². The molecule has 0 aliphatic carbocycles. The predicted octanol–water partition coefficient (Wildman–Crippen LogP) is 5.18. The van der Waals surface area contributed by atoms with E-state index in [9.17, 15) is 18.0 Å². The number of nitrogens with zero attached hydrogens (tertiary/aromatic N) is 2. The second-order valence-corrected chi connectivity index (χ2v) is 9.08. The fourth-order valence-electron chi connectivity index (χ4n) is 4.65. The lowest BCUT2D eigenvalue weighted by Crippen LogP contribution is -2.53. The third-order valence-corrected chi connectivity index (χ3v) is 6.56. The SMILES string of the molecule is COc1cc(C)c2[nH]ccc2c1CN1CC=C(N2CC(OC(F)(F)F)C2)CC1.O=C(O)c1ccccc1. The average Bonchev–Trinajstić information content (AvgIpc) is 3.35. The summed E-state index contributed by atoms with van der Waals surface area (Å²) < 4.78 is 46.4. The van der Waals surface area contributed by atoms with E-state index in [1.54, 1.807) is 37.4 Å². The molecule has 1 saturated heterocycles. The number of nitrogens with one attached hydrogen (secondary N) is 1. The van der Waals surface area contributed by atoms with E-state index >= 15 is 0 Å². The number of rotatable bonds is 6. The molecule has 0 atom stereocenters. The lowest BCUT2D eigenvalue weighted by molar-refractivity contribution is -0.353. The summed E-state index contributed by atoms with van der Waals surface area (Å²) >= 11 is 0. The Balaban J connectivity index is 0.000000301. The van der Waals surface area contributed by atoms with Crippen molar-refractivity contribution >= 4 is 16.9 Å². The van der Waals surface area contributed by atoms with Gasteiger partial charge in [-0.3, -0.25) is 9.64 Å². The monoisotopic (exact) mass is 517 g/mol. The molecule has 1 aromatic heterocycles. The first kappa shape index (κ1) is 26.6. The van der Waals surface area contributed by atoms with Crippen LogP contribution in [0.3, 0.4) is 0 Å². The maximum Gasteiger partial charge on any atom is 0.522 e. The van der Waals surface area contributed by atoms with Crippen molar-refractivity contribution in [2.24, 2.45) is 0 Å². The molecular formula is C27H30F3N3O4. The first-order valence-electron chi connectivity index (χ1n) is 12.0. The summed E-state index contributed by atoms with van der Waals surface area (Å²) in [6, 6.07) is 12.4. The number of halogens is 3. The molecule has 0 spiro atoms. The van der Waals surface area contributed by atoms with Gasteiger partial charge in [0.1, 0.15) is 11.9 Å². The number of hydrogen-bond donors (Lipinski definition) is 2. The molecule has 1 fully saturated rings. The molecule has 2 aromatic carbocycles. The standard InChI is InChI=1S/C20H24F3N3O2.C7H6O2/c1-13-9-18(27-2)17(16-3-6-24-19(13)16)12-25-7-4-14(5-8-25)26-10-15(11-26)28-20(21,22)23;8-7(9)6-4-2-1-3-5-6/h3-4,6,9,15,24H,5,7-8,10-12H2,1-2H3;1-5H,(H,8,9). The topological polar surface area (TPSA) is 78.0 Å². The van der Waals surface area contributed by atoms with Gasteiger partial charge < -0.3 is 19.7 Å². The summed E-state index contributed by atoms with van der Waals surface area (Å²) in [5.74, 6) is 0.00450. The number of carboxylic acids is 1. The molecule has 2 aliphatic heterocycles. The van der Waals surface area contributed by atoms with Gasteiger partial charge >= 0.3 is 12.3 Å². The number of likely N-dealkylation sites (tertiary alicyclic amines) is 1. The van der Waals surface area contributed by atoms with Crippen LogP contribution in [0.4, 0.5) is 13.2 Å². The Hall–Kier alpha value is -3.50. The zero-order chi connectivity index (χ0) is 26.6. The molecular weight excluding hydrogens is 487 g/mol. The smallest absolute Gasteiger partial charge is 0.496 e. The van der Waals surface area contributed by atoms with Gasteiger partial charge in [0.15, 0.2) is 0 Å². The Labute approximate surface area is 213 Å². The molecule has 2 aliphatic rings. The lowest BCUT2D eigenvalue weighted by Gasteiger charge is -2.44. The second kappa shape index (κ2) is 11.3. The molecule has 7 nitrogen and oxygen atoms in total. The number of aromatic nitrogens is 1. The van der Waals surface area contributed by atoms with Crippen LogP contribution in [0.2, 0.25) is 0 Å². The van der Waals surface area contributed by atoms with Crippen LogP contribution in [0, 0.1) is 6.92 Å². The molecule has 0 unspecified atom stereocenters. The molecule has 198 valence electrons. The predicted molar refractivity (Wildman–Crippen MR) is 133 cm³/mol. The van der Waals surface area contributed by atoms with Crippen molar-refractivity contribution in [3.05, 3.63) is 77.1 Å². The highest BCUT2D eigenvalue weighted by molar-refractivity contribution is 5.88. The Kier molecular flexibility index (Phi) is 8.09.